The highest BCUT2D eigenvalue weighted by Gasteiger charge is 2.34. The molecule has 0 bridgehead atoms. The molecule has 2 fully saturated rings. The van der Waals surface area contributed by atoms with Gasteiger partial charge in [-0.3, -0.25) is 4.79 Å². The zero-order chi connectivity index (χ0) is 19.3. The van der Waals surface area contributed by atoms with E-state index in [2.05, 4.69) is 10.1 Å². The SMILES string of the molecule is NCc1cccc(-c2cc(C(=O)N(C3CCCCC3)C3CCCCC3)no2)c1. The molecule has 150 valence electrons. The van der Waals surface area contributed by atoms with Crippen LogP contribution in [0.3, 0.4) is 0 Å². The standard InChI is InChI=1S/C23H31N3O2/c24-16-17-8-7-9-18(14-17)22-15-21(25-28-22)23(27)26(19-10-3-1-4-11-19)20-12-5-2-6-13-20/h7-9,14-15,19-20H,1-6,10-13,16,24H2. The van der Waals surface area contributed by atoms with Crippen LogP contribution in [0.5, 0.6) is 0 Å². The quantitative estimate of drug-likeness (QED) is 0.799. The molecule has 4 rings (SSSR count). The smallest absolute Gasteiger partial charge is 0.276 e. The molecule has 0 unspecified atom stereocenters. The van der Waals surface area contributed by atoms with Gasteiger partial charge in [-0.1, -0.05) is 61.9 Å². The Bertz CT molecular complexity index is 771. The minimum Gasteiger partial charge on any atom is -0.355 e. The molecule has 2 aliphatic carbocycles. The Morgan fingerprint density at radius 2 is 1.64 bits per heavy atom. The van der Waals surface area contributed by atoms with E-state index in [1.54, 1.807) is 6.07 Å². The number of nitrogens with zero attached hydrogens (tertiary/aromatic N) is 2. The Hall–Kier alpha value is -2.14. The van der Waals surface area contributed by atoms with Gasteiger partial charge in [-0.2, -0.15) is 0 Å². The summed E-state index contributed by atoms with van der Waals surface area (Å²) in [4.78, 5) is 15.7. The van der Waals surface area contributed by atoms with Crippen LogP contribution in [0.2, 0.25) is 0 Å². The molecule has 0 atom stereocenters. The van der Waals surface area contributed by atoms with E-state index in [-0.39, 0.29) is 5.91 Å². The Balaban J connectivity index is 1.58. The summed E-state index contributed by atoms with van der Waals surface area (Å²) in [5.41, 5.74) is 8.13. The van der Waals surface area contributed by atoms with Crippen molar-refractivity contribution < 1.29 is 9.32 Å². The molecule has 0 saturated heterocycles. The molecule has 2 N–H and O–H groups in total. The van der Waals surface area contributed by atoms with Gasteiger partial charge in [0.2, 0.25) is 0 Å². The molecule has 2 saturated carbocycles. The Kier molecular flexibility index (Phi) is 6.10. The fourth-order valence-corrected chi connectivity index (χ4v) is 4.84. The lowest BCUT2D eigenvalue weighted by atomic mass is 9.88. The van der Waals surface area contributed by atoms with Crippen LogP contribution in [0.15, 0.2) is 34.9 Å². The van der Waals surface area contributed by atoms with E-state index < -0.39 is 0 Å². The van der Waals surface area contributed by atoms with Crippen molar-refractivity contribution in [3.05, 3.63) is 41.6 Å². The second-order valence-corrected chi connectivity index (χ2v) is 8.28. The van der Waals surface area contributed by atoms with Crippen LogP contribution in [0.4, 0.5) is 0 Å². The topological polar surface area (TPSA) is 72.4 Å². The molecule has 1 heterocycles. The molecule has 1 amide bonds. The summed E-state index contributed by atoms with van der Waals surface area (Å²) in [7, 11) is 0. The molecule has 2 aliphatic rings. The van der Waals surface area contributed by atoms with E-state index in [1.807, 2.05) is 24.3 Å². The van der Waals surface area contributed by atoms with E-state index in [4.69, 9.17) is 10.3 Å². The molecule has 0 aliphatic heterocycles. The molecule has 0 spiro atoms. The number of hydrogen-bond acceptors (Lipinski definition) is 4. The van der Waals surface area contributed by atoms with Gasteiger partial charge in [-0.05, 0) is 37.3 Å². The summed E-state index contributed by atoms with van der Waals surface area (Å²) in [6.07, 6.45) is 11.9. The summed E-state index contributed by atoms with van der Waals surface area (Å²) < 4.78 is 5.56. The Morgan fingerprint density at radius 3 is 2.25 bits per heavy atom. The lowest BCUT2D eigenvalue weighted by Crippen LogP contribution is -2.48. The number of hydrogen-bond donors (Lipinski definition) is 1. The largest absolute Gasteiger partial charge is 0.355 e. The highest BCUT2D eigenvalue weighted by atomic mass is 16.5. The van der Waals surface area contributed by atoms with Crippen molar-refractivity contribution in [2.24, 2.45) is 5.73 Å². The number of aromatic nitrogens is 1. The van der Waals surface area contributed by atoms with Crippen molar-refractivity contribution >= 4 is 5.91 Å². The van der Waals surface area contributed by atoms with Gasteiger partial charge in [0.1, 0.15) is 0 Å². The molecule has 2 aromatic rings. The number of nitrogens with two attached hydrogens (primary N) is 1. The van der Waals surface area contributed by atoms with Gasteiger partial charge >= 0.3 is 0 Å². The van der Waals surface area contributed by atoms with E-state index in [1.165, 1.54) is 38.5 Å². The summed E-state index contributed by atoms with van der Waals surface area (Å²) >= 11 is 0. The second-order valence-electron chi connectivity index (χ2n) is 8.28. The van der Waals surface area contributed by atoms with E-state index in [9.17, 15) is 4.79 Å². The first-order chi connectivity index (χ1) is 13.8. The molecular formula is C23H31N3O2. The van der Waals surface area contributed by atoms with Crippen molar-refractivity contribution in [1.82, 2.24) is 10.1 Å². The highest BCUT2D eigenvalue weighted by molar-refractivity contribution is 5.93. The third-order valence-electron chi connectivity index (χ3n) is 6.35. The van der Waals surface area contributed by atoms with Gasteiger partial charge < -0.3 is 15.2 Å². The van der Waals surface area contributed by atoms with Crippen LogP contribution in [0.1, 0.15) is 80.3 Å². The van der Waals surface area contributed by atoms with Gasteiger partial charge in [-0.15, -0.1) is 0 Å². The average Bonchev–Trinajstić information content (AvgIpc) is 3.26. The van der Waals surface area contributed by atoms with Crippen LogP contribution in [-0.4, -0.2) is 28.0 Å². The summed E-state index contributed by atoms with van der Waals surface area (Å²) in [5.74, 6) is 0.676. The third-order valence-corrected chi connectivity index (χ3v) is 6.35. The third kappa shape index (κ3) is 4.14. The van der Waals surface area contributed by atoms with Gasteiger partial charge in [0.25, 0.3) is 5.91 Å². The summed E-state index contributed by atoms with van der Waals surface area (Å²) in [5, 5.41) is 4.16. The molecule has 1 aromatic carbocycles. The number of carbonyl (C=O) groups excluding carboxylic acids is 1. The first-order valence-electron chi connectivity index (χ1n) is 10.8. The minimum absolute atomic E-state index is 0.0452. The fraction of sp³-hybridized carbons (Fsp3) is 0.565. The summed E-state index contributed by atoms with van der Waals surface area (Å²) in [6, 6.07) is 10.4. The second kappa shape index (κ2) is 8.91. The molecule has 0 radical (unpaired) electrons. The first-order valence-corrected chi connectivity index (χ1v) is 10.8. The van der Waals surface area contributed by atoms with Crippen molar-refractivity contribution in [1.29, 1.82) is 0 Å². The zero-order valence-electron chi connectivity index (χ0n) is 16.6. The van der Waals surface area contributed by atoms with Crippen LogP contribution >= 0.6 is 0 Å². The van der Waals surface area contributed by atoms with E-state index in [0.717, 1.165) is 36.8 Å². The predicted octanol–water partition coefficient (Wildman–Crippen LogP) is 4.91. The lowest BCUT2D eigenvalue weighted by molar-refractivity contribution is 0.0438. The van der Waals surface area contributed by atoms with Crippen molar-refractivity contribution in [2.45, 2.75) is 82.8 Å². The first kappa shape index (κ1) is 19.2. The monoisotopic (exact) mass is 381 g/mol. The maximum atomic E-state index is 13.5. The summed E-state index contributed by atoms with van der Waals surface area (Å²) in [6.45, 7) is 0.477. The molecular weight excluding hydrogens is 350 g/mol. The van der Waals surface area contributed by atoms with Gasteiger partial charge in [0.05, 0.1) is 0 Å². The molecule has 5 heteroatoms. The fourth-order valence-electron chi connectivity index (χ4n) is 4.84. The van der Waals surface area contributed by atoms with Gasteiger partial charge in [0.15, 0.2) is 11.5 Å². The number of rotatable bonds is 5. The maximum Gasteiger partial charge on any atom is 0.276 e. The van der Waals surface area contributed by atoms with E-state index >= 15 is 0 Å². The molecule has 1 aromatic heterocycles. The molecule has 28 heavy (non-hydrogen) atoms. The van der Waals surface area contributed by atoms with Crippen molar-refractivity contribution in [2.75, 3.05) is 0 Å². The highest BCUT2D eigenvalue weighted by Crippen LogP contribution is 2.32. The van der Waals surface area contributed by atoms with Crippen molar-refractivity contribution in [3.63, 3.8) is 0 Å². The predicted molar refractivity (Wildman–Crippen MR) is 110 cm³/mol. The van der Waals surface area contributed by atoms with Crippen molar-refractivity contribution in [3.8, 4) is 11.3 Å². The Labute approximate surface area is 167 Å². The number of amides is 1. The minimum atomic E-state index is 0.0452. The normalized spacial score (nSPS) is 18.9. The van der Waals surface area contributed by atoms with Crippen LogP contribution < -0.4 is 5.73 Å². The van der Waals surface area contributed by atoms with Gasteiger partial charge in [0, 0.05) is 30.3 Å². The Morgan fingerprint density at radius 1 is 1.00 bits per heavy atom. The average molecular weight is 382 g/mol. The maximum absolute atomic E-state index is 13.5. The lowest BCUT2D eigenvalue weighted by Gasteiger charge is -2.41. The molecule has 5 nitrogen and oxygen atoms in total. The zero-order valence-corrected chi connectivity index (χ0v) is 16.6. The van der Waals surface area contributed by atoms with Crippen LogP contribution in [-0.2, 0) is 6.54 Å². The van der Waals surface area contributed by atoms with E-state index in [0.29, 0.717) is 30.1 Å². The number of carbonyl (C=O) groups is 1. The van der Waals surface area contributed by atoms with Crippen LogP contribution in [0, 0.1) is 0 Å². The van der Waals surface area contributed by atoms with Crippen LogP contribution in [0.25, 0.3) is 11.3 Å². The van der Waals surface area contributed by atoms with Gasteiger partial charge in [-0.25, -0.2) is 0 Å². The number of benzene rings is 1.